The van der Waals surface area contributed by atoms with Gasteiger partial charge in [0.05, 0.1) is 6.04 Å². The number of benzene rings is 2. The van der Waals surface area contributed by atoms with E-state index in [0.29, 0.717) is 15.6 Å². The Hall–Kier alpha value is -1.58. The molecule has 2 rings (SSSR count). The van der Waals surface area contributed by atoms with E-state index in [1.54, 1.807) is 18.2 Å². The lowest BCUT2D eigenvalue weighted by Crippen LogP contribution is -2.26. The van der Waals surface area contributed by atoms with Crippen LogP contribution in [-0.4, -0.2) is 5.91 Å². The number of halogens is 3. The van der Waals surface area contributed by atoms with E-state index < -0.39 is 0 Å². The van der Waals surface area contributed by atoms with Gasteiger partial charge in [-0.3, -0.25) is 4.79 Å². The number of carbonyl (C=O) groups excluding carboxylic acids is 1. The summed E-state index contributed by atoms with van der Waals surface area (Å²) in [5.41, 5.74) is 1.16. The summed E-state index contributed by atoms with van der Waals surface area (Å²) in [5.74, 6) is -0.668. The van der Waals surface area contributed by atoms with Gasteiger partial charge in [0.1, 0.15) is 5.82 Å². The summed E-state index contributed by atoms with van der Waals surface area (Å²) in [6, 6.07) is 10.2. The van der Waals surface area contributed by atoms with Crippen molar-refractivity contribution in [2.75, 3.05) is 0 Å². The van der Waals surface area contributed by atoms with Crippen LogP contribution in [-0.2, 0) is 0 Å². The topological polar surface area (TPSA) is 29.1 Å². The average molecular weight is 312 g/mol. The maximum Gasteiger partial charge on any atom is 0.251 e. The predicted octanol–water partition coefficient (Wildman–Crippen LogP) is 4.62. The van der Waals surface area contributed by atoms with Gasteiger partial charge in [-0.25, -0.2) is 4.39 Å². The molecule has 2 nitrogen and oxygen atoms in total. The third-order valence-corrected chi connectivity index (χ3v) is 3.45. The zero-order chi connectivity index (χ0) is 14.7. The number of hydrogen-bond donors (Lipinski definition) is 1. The van der Waals surface area contributed by atoms with Crippen molar-refractivity contribution in [3.63, 3.8) is 0 Å². The molecule has 0 radical (unpaired) electrons. The highest BCUT2D eigenvalue weighted by Crippen LogP contribution is 2.26. The maximum atomic E-state index is 12.8. The first-order valence-electron chi connectivity index (χ1n) is 5.99. The average Bonchev–Trinajstić information content (AvgIpc) is 2.39. The van der Waals surface area contributed by atoms with Gasteiger partial charge in [0.2, 0.25) is 0 Å². The molecule has 2 aromatic carbocycles. The van der Waals surface area contributed by atoms with Gasteiger partial charge in [0.15, 0.2) is 0 Å². The number of amides is 1. The van der Waals surface area contributed by atoms with Crippen LogP contribution in [0.1, 0.15) is 28.9 Å². The first-order chi connectivity index (χ1) is 9.47. The monoisotopic (exact) mass is 311 g/mol. The quantitative estimate of drug-likeness (QED) is 0.880. The molecule has 0 saturated heterocycles. The fourth-order valence-electron chi connectivity index (χ4n) is 1.81. The summed E-state index contributed by atoms with van der Waals surface area (Å²) in [7, 11) is 0. The molecule has 0 fully saturated rings. The second kappa shape index (κ2) is 6.25. The van der Waals surface area contributed by atoms with E-state index in [1.165, 1.54) is 24.3 Å². The largest absolute Gasteiger partial charge is 0.345 e. The lowest BCUT2D eigenvalue weighted by atomic mass is 10.1. The molecule has 0 aliphatic rings. The molecule has 0 bridgehead atoms. The van der Waals surface area contributed by atoms with Crippen molar-refractivity contribution < 1.29 is 9.18 Å². The maximum absolute atomic E-state index is 12.8. The van der Waals surface area contributed by atoms with Crippen LogP contribution >= 0.6 is 23.2 Å². The van der Waals surface area contributed by atoms with E-state index >= 15 is 0 Å². The molecule has 0 spiro atoms. The summed E-state index contributed by atoms with van der Waals surface area (Å²) in [6.45, 7) is 1.82. The van der Waals surface area contributed by atoms with Gasteiger partial charge in [-0.15, -0.1) is 0 Å². The van der Waals surface area contributed by atoms with E-state index in [2.05, 4.69) is 5.32 Å². The van der Waals surface area contributed by atoms with Crippen molar-refractivity contribution in [3.05, 3.63) is 69.5 Å². The summed E-state index contributed by atoms with van der Waals surface area (Å²) < 4.78 is 12.8. The van der Waals surface area contributed by atoms with Crippen LogP contribution in [0.5, 0.6) is 0 Å². The number of nitrogens with one attached hydrogen (secondary N) is 1. The number of rotatable bonds is 3. The minimum Gasteiger partial charge on any atom is -0.345 e. The highest BCUT2D eigenvalue weighted by molar-refractivity contribution is 6.35. The fraction of sp³-hybridized carbons (Fsp3) is 0.133. The van der Waals surface area contributed by atoms with Crippen LogP contribution in [0.25, 0.3) is 0 Å². The molecule has 0 aliphatic carbocycles. The normalized spacial score (nSPS) is 12.0. The first-order valence-corrected chi connectivity index (χ1v) is 6.74. The summed E-state index contributed by atoms with van der Waals surface area (Å²) >= 11 is 11.9. The van der Waals surface area contributed by atoms with Gasteiger partial charge in [0, 0.05) is 15.6 Å². The Labute approximate surface area is 126 Å². The second-order valence-electron chi connectivity index (χ2n) is 4.37. The van der Waals surface area contributed by atoms with E-state index in [0.717, 1.165) is 5.56 Å². The minimum atomic E-state index is -0.379. The molecule has 20 heavy (non-hydrogen) atoms. The SMILES string of the molecule is CC(NC(=O)c1ccc(F)cc1)c1ccc(Cl)cc1Cl. The van der Waals surface area contributed by atoms with Gasteiger partial charge in [-0.05, 0) is 48.9 Å². The summed E-state index contributed by atoms with van der Waals surface area (Å²) in [6.07, 6.45) is 0. The van der Waals surface area contributed by atoms with Crippen LogP contribution in [0.4, 0.5) is 4.39 Å². The molecule has 1 unspecified atom stereocenters. The van der Waals surface area contributed by atoms with Crippen LogP contribution < -0.4 is 5.32 Å². The van der Waals surface area contributed by atoms with Crippen molar-refractivity contribution in [1.82, 2.24) is 5.32 Å². The van der Waals surface area contributed by atoms with Crippen molar-refractivity contribution in [2.24, 2.45) is 0 Å². The van der Waals surface area contributed by atoms with Crippen molar-refractivity contribution in [3.8, 4) is 0 Å². The minimum absolute atomic E-state index is 0.280. The van der Waals surface area contributed by atoms with E-state index in [9.17, 15) is 9.18 Å². The second-order valence-corrected chi connectivity index (χ2v) is 5.21. The first kappa shape index (κ1) is 14.8. The van der Waals surface area contributed by atoms with E-state index in [1.807, 2.05) is 6.92 Å². The Balaban J connectivity index is 2.12. The smallest absolute Gasteiger partial charge is 0.251 e. The van der Waals surface area contributed by atoms with Gasteiger partial charge in [-0.2, -0.15) is 0 Å². The highest BCUT2D eigenvalue weighted by atomic mass is 35.5. The Morgan fingerprint density at radius 2 is 1.80 bits per heavy atom. The lowest BCUT2D eigenvalue weighted by molar-refractivity contribution is 0.0940. The van der Waals surface area contributed by atoms with Crippen molar-refractivity contribution >= 4 is 29.1 Å². The molecule has 0 aliphatic heterocycles. The summed E-state index contributed by atoms with van der Waals surface area (Å²) in [5, 5.41) is 3.83. The van der Waals surface area contributed by atoms with Crippen molar-refractivity contribution in [1.29, 1.82) is 0 Å². The molecule has 0 saturated carbocycles. The molecular weight excluding hydrogens is 300 g/mol. The van der Waals surface area contributed by atoms with Crippen LogP contribution in [0, 0.1) is 5.82 Å². The molecule has 0 heterocycles. The van der Waals surface area contributed by atoms with E-state index in [4.69, 9.17) is 23.2 Å². The zero-order valence-corrected chi connectivity index (χ0v) is 12.2. The van der Waals surface area contributed by atoms with Crippen LogP contribution in [0.2, 0.25) is 10.0 Å². The molecule has 1 atom stereocenters. The lowest BCUT2D eigenvalue weighted by Gasteiger charge is -2.16. The van der Waals surface area contributed by atoms with Gasteiger partial charge in [0.25, 0.3) is 5.91 Å². The summed E-state index contributed by atoms with van der Waals surface area (Å²) in [4.78, 5) is 12.0. The predicted molar refractivity (Wildman–Crippen MR) is 78.7 cm³/mol. The standard InChI is InChI=1S/C15H12Cl2FNO/c1-9(13-7-4-11(16)8-14(13)17)19-15(20)10-2-5-12(18)6-3-10/h2-9H,1H3,(H,19,20). The molecule has 0 aromatic heterocycles. The Morgan fingerprint density at radius 1 is 1.15 bits per heavy atom. The number of carbonyl (C=O) groups is 1. The van der Waals surface area contributed by atoms with Crippen LogP contribution in [0.3, 0.4) is 0 Å². The Bertz CT molecular complexity index is 628. The molecule has 1 N–H and O–H groups in total. The fourth-order valence-corrected chi connectivity index (χ4v) is 2.38. The van der Waals surface area contributed by atoms with Gasteiger partial charge >= 0.3 is 0 Å². The van der Waals surface area contributed by atoms with E-state index in [-0.39, 0.29) is 17.8 Å². The van der Waals surface area contributed by atoms with Gasteiger partial charge in [-0.1, -0.05) is 29.3 Å². The van der Waals surface area contributed by atoms with Crippen molar-refractivity contribution in [2.45, 2.75) is 13.0 Å². The molecule has 1 amide bonds. The molecule has 2 aromatic rings. The molecule has 5 heteroatoms. The Kier molecular flexibility index (Phi) is 4.63. The highest BCUT2D eigenvalue weighted by Gasteiger charge is 2.14. The Morgan fingerprint density at radius 3 is 2.40 bits per heavy atom. The molecular formula is C15H12Cl2FNO. The third kappa shape index (κ3) is 3.50. The number of hydrogen-bond acceptors (Lipinski definition) is 1. The van der Waals surface area contributed by atoms with Gasteiger partial charge < -0.3 is 5.32 Å². The third-order valence-electron chi connectivity index (χ3n) is 2.88. The van der Waals surface area contributed by atoms with Crippen LogP contribution in [0.15, 0.2) is 42.5 Å². The molecule has 104 valence electrons. The zero-order valence-electron chi connectivity index (χ0n) is 10.7.